The molecule has 4 nitrogen and oxygen atoms in total. The van der Waals surface area contributed by atoms with Crippen molar-refractivity contribution in [2.75, 3.05) is 6.61 Å². The Bertz CT molecular complexity index is 544. The van der Waals surface area contributed by atoms with Crippen LogP contribution in [0.5, 0.6) is 5.75 Å². The molecule has 0 radical (unpaired) electrons. The van der Waals surface area contributed by atoms with E-state index in [-0.39, 0.29) is 24.5 Å². The van der Waals surface area contributed by atoms with Gasteiger partial charge in [-0.15, -0.1) is 0 Å². The summed E-state index contributed by atoms with van der Waals surface area (Å²) in [6, 6.07) is 5.26. The zero-order valence-electron chi connectivity index (χ0n) is 12.2. The molecule has 1 aliphatic carbocycles. The number of aliphatic hydroxyl groups excluding tert-OH is 1. The van der Waals surface area contributed by atoms with Gasteiger partial charge in [-0.05, 0) is 44.0 Å². The van der Waals surface area contributed by atoms with Crippen LogP contribution in [0.2, 0.25) is 5.02 Å². The first-order chi connectivity index (χ1) is 9.99. The van der Waals surface area contributed by atoms with Gasteiger partial charge in [-0.3, -0.25) is 4.79 Å². The van der Waals surface area contributed by atoms with E-state index < -0.39 is 6.10 Å². The molecule has 1 aromatic carbocycles. The van der Waals surface area contributed by atoms with Crippen molar-refractivity contribution in [2.24, 2.45) is 5.92 Å². The topological polar surface area (TPSA) is 58.6 Å². The highest BCUT2D eigenvalue weighted by molar-refractivity contribution is 6.30. The van der Waals surface area contributed by atoms with Crippen LogP contribution >= 0.6 is 11.6 Å². The number of hydrogen-bond acceptors (Lipinski definition) is 3. The van der Waals surface area contributed by atoms with Crippen LogP contribution in [0, 0.1) is 12.8 Å². The number of ether oxygens (including phenoxy) is 1. The van der Waals surface area contributed by atoms with Crippen LogP contribution in [0.3, 0.4) is 0 Å². The highest BCUT2D eigenvalue weighted by atomic mass is 35.5. The Balaban J connectivity index is 1.89. The van der Waals surface area contributed by atoms with Crippen LogP contribution in [-0.2, 0) is 4.79 Å². The minimum absolute atomic E-state index is 0.0352. The summed E-state index contributed by atoms with van der Waals surface area (Å²) in [5, 5.41) is 12.6. The summed E-state index contributed by atoms with van der Waals surface area (Å²) >= 11 is 5.89. The van der Waals surface area contributed by atoms with Gasteiger partial charge in [0.05, 0.1) is 0 Å². The number of rotatable bonds is 5. The lowest BCUT2D eigenvalue weighted by atomic mass is 10.1. The zero-order valence-corrected chi connectivity index (χ0v) is 12.9. The molecule has 5 heteroatoms. The predicted molar refractivity (Wildman–Crippen MR) is 82.5 cm³/mol. The second-order valence-corrected chi connectivity index (χ2v) is 5.78. The molecule has 1 aliphatic rings. The third-order valence-electron chi connectivity index (χ3n) is 3.54. The lowest BCUT2D eigenvalue weighted by molar-refractivity contribution is -0.127. The highest BCUT2D eigenvalue weighted by Crippen LogP contribution is 2.23. The van der Waals surface area contributed by atoms with Crippen LogP contribution in [0.15, 0.2) is 30.4 Å². The molecule has 114 valence electrons. The van der Waals surface area contributed by atoms with E-state index in [9.17, 15) is 4.79 Å². The van der Waals surface area contributed by atoms with Gasteiger partial charge in [0.2, 0.25) is 0 Å². The van der Waals surface area contributed by atoms with Crippen LogP contribution in [0.25, 0.3) is 0 Å². The third-order valence-corrected chi connectivity index (χ3v) is 3.78. The van der Waals surface area contributed by atoms with Gasteiger partial charge in [0, 0.05) is 23.6 Å². The molecule has 3 atom stereocenters. The van der Waals surface area contributed by atoms with E-state index in [0.717, 1.165) is 12.0 Å². The van der Waals surface area contributed by atoms with Crippen molar-refractivity contribution in [3.05, 3.63) is 40.9 Å². The number of hydrogen-bond donors (Lipinski definition) is 2. The summed E-state index contributed by atoms with van der Waals surface area (Å²) < 4.78 is 5.68. The average Bonchev–Trinajstić information content (AvgIpc) is 2.89. The lowest BCUT2D eigenvalue weighted by Crippen LogP contribution is -2.41. The lowest BCUT2D eigenvalue weighted by Gasteiger charge is -2.19. The highest BCUT2D eigenvalue weighted by Gasteiger charge is 2.23. The van der Waals surface area contributed by atoms with Crippen molar-refractivity contribution in [1.82, 2.24) is 5.32 Å². The molecule has 2 rings (SSSR count). The molecule has 2 N–H and O–H groups in total. The number of benzene rings is 1. The van der Waals surface area contributed by atoms with E-state index >= 15 is 0 Å². The molecule has 0 aromatic heterocycles. The molecule has 0 fully saturated rings. The Morgan fingerprint density at radius 1 is 1.52 bits per heavy atom. The van der Waals surface area contributed by atoms with Gasteiger partial charge in [-0.25, -0.2) is 0 Å². The quantitative estimate of drug-likeness (QED) is 0.822. The second-order valence-electron chi connectivity index (χ2n) is 5.35. The Kier molecular flexibility index (Phi) is 5.26. The molecule has 21 heavy (non-hydrogen) atoms. The van der Waals surface area contributed by atoms with E-state index in [4.69, 9.17) is 21.4 Å². The molecule has 1 amide bonds. The number of amides is 1. The van der Waals surface area contributed by atoms with Crippen molar-refractivity contribution >= 4 is 17.5 Å². The van der Waals surface area contributed by atoms with Gasteiger partial charge in [0.15, 0.2) is 6.10 Å². The van der Waals surface area contributed by atoms with Gasteiger partial charge < -0.3 is 15.2 Å². The first-order valence-electron chi connectivity index (χ1n) is 7.02. The van der Waals surface area contributed by atoms with Gasteiger partial charge >= 0.3 is 0 Å². The molecular formula is C16H20ClNO3. The second kappa shape index (κ2) is 6.96. The number of nitrogens with one attached hydrogen (secondary N) is 1. The Morgan fingerprint density at radius 2 is 2.29 bits per heavy atom. The Labute approximate surface area is 129 Å². The van der Waals surface area contributed by atoms with Crippen LogP contribution < -0.4 is 10.1 Å². The predicted octanol–water partition coefficient (Wildman–Crippen LogP) is 2.47. The first-order valence-corrected chi connectivity index (χ1v) is 7.39. The van der Waals surface area contributed by atoms with Crippen LogP contribution in [-0.4, -0.2) is 29.8 Å². The molecule has 1 unspecified atom stereocenters. The normalized spacial score (nSPS) is 22.1. The fourth-order valence-corrected chi connectivity index (χ4v) is 2.53. The number of carbonyl (C=O) groups is 1. The van der Waals surface area contributed by atoms with Crippen LogP contribution in [0.1, 0.15) is 18.9 Å². The number of halogens is 1. The molecule has 0 bridgehead atoms. The first kappa shape index (κ1) is 15.9. The average molecular weight is 310 g/mol. The van der Waals surface area contributed by atoms with Crippen molar-refractivity contribution in [3.63, 3.8) is 0 Å². The van der Waals surface area contributed by atoms with Gasteiger partial charge in [0.25, 0.3) is 5.91 Å². The third kappa shape index (κ3) is 4.22. The summed E-state index contributed by atoms with van der Waals surface area (Å²) in [7, 11) is 0. The van der Waals surface area contributed by atoms with E-state index in [1.54, 1.807) is 25.1 Å². The van der Waals surface area contributed by atoms with Crippen molar-refractivity contribution in [3.8, 4) is 5.75 Å². The van der Waals surface area contributed by atoms with E-state index in [1.165, 1.54) is 0 Å². The van der Waals surface area contributed by atoms with E-state index in [2.05, 4.69) is 5.32 Å². The SMILES string of the molecule is Cc1cc(Cl)ccc1OC(C)C(=O)N[C@@H]1C=C[C@H](CO)C1. The monoisotopic (exact) mass is 309 g/mol. The summed E-state index contributed by atoms with van der Waals surface area (Å²) in [5.41, 5.74) is 0.892. The maximum atomic E-state index is 12.1. The maximum Gasteiger partial charge on any atom is 0.261 e. The molecule has 0 spiro atoms. The van der Waals surface area contributed by atoms with E-state index in [0.29, 0.717) is 10.8 Å². The van der Waals surface area contributed by atoms with Gasteiger partial charge in [-0.2, -0.15) is 0 Å². The number of aryl methyl sites for hydroxylation is 1. The summed E-state index contributed by atoms with van der Waals surface area (Å²) in [5.74, 6) is 0.611. The Hall–Kier alpha value is -1.52. The fraction of sp³-hybridized carbons (Fsp3) is 0.438. The maximum absolute atomic E-state index is 12.1. The zero-order chi connectivity index (χ0) is 15.4. The van der Waals surface area contributed by atoms with Gasteiger partial charge in [-0.1, -0.05) is 23.8 Å². The standard InChI is InChI=1S/C16H20ClNO3/c1-10-7-13(17)4-6-15(10)21-11(2)16(20)18-14-5-3-12(8-14)9-19/h3-7,11-12,14,19H,8-9H2,1-2H3,(H,18,20)/t11?,12-,14+/m0/s1. The molecule has 0 heterocycles. The minimum atomic E-state index is -0.591. The fourth-order valence-electron chi connectivity index (χ4n) is 2.31. The Morgan fingerprint density at radius 3 is 2.90 bits per heavy atom. The smallest absolute Gasteiger partial charge is 0.261 e. The largest absolute Gasteiger partial charge is 0.481 e. The van der Waals surface area contributed by atoms with Gasteiger partial charge in [0.1, 0.15) is 5.75 Å². The number of aliphatic hydroxyl groups is 1. The molecule has 0 aliphatic heterocycles. The van der Waals surface area contributed by atoms with Crippen LogP contribution in [0.4, 0.5) is 0 Å². The van der Waals surface area contributed by atoms with Crippen molar-refractivity contribution < 1.29 is 14.6 Å². The van der Waals surface area contributed by atoms with Crippen molar-refractivity contribution in [2.45, 2.75) is 32.4 Å². The molecule has 0 saturated heterocycles. The minimum Gasteiger partial charge on any atom is -0.481 e. The molecular weight excluding hydrogens is 290 g/mol. The molecule has 0 saturated carbocycles. The van der Waals surface area contributed by atoms with E-state index in [1.807, 2.05) is 19.1 Å². The van der Waals surface area contributed by atoms with Crippen molar-refractivity contribution in [1.29, 1.82) is 0 Å². The summed E-state index contributed by atoms with van der Waals surface area (Å²) in [4.78, 5) is 12.1. The summed E-state index contributed by atoms with van der Waals surface area (Å²) in [6.45, 7) is 3.71. The molecule has 1 aromatic rings. The number of carbonyl (C=O) groups excluding carboxylic acids is 1. The summed E-state index contributed by atoms with van der Waals surface area (Å²) in [6.07, 6.45) is 3.99.